The molecule has 3 heteroatoms. The summed E-state index contributed by atoms with van der Waals surface area (Å²) < 4.78 is 0. The van der Waals surface area contributed by atoms with Crippen LogP contribution in [0.2, 0.25) is 0 Å². The monoisotopic (exact) mass is 117 g/mol. The SMILES string of the molecule is CNCCN(C)CN. The Bertz CT molecular complexity index is 46.9. The van der Waals surface area contributed by atoms with E-state index in [4.69, 9.17) is 5.73 Å². The lowest BCUT2D eigenvalue weighted by atomic mass is 10.6. The van der Waals surface area contributed by atoms with Gasteiger partial charge in [0.05, 0.1) is 0 Å². The molecule has 8 heavy (non-hydrogen) atoms. The quantitative estimate of drug-likeness (QED) is 0.467. The first-order chi connectivity index (χ1) is 3.81. The predicted octanol–water partition coefficient (Wildman–Crippen LogP) is -0.946. The van der Waals surface area contributed by atoms with E-state index in [2.05, 4.69) is 10.2 Å². The highest BCUT2D eigenvalue weighted by Gasteiger charge is 1.88. The van der Waals surface area contributed by atoms with E-state index in [-0.39, 0.29) is 0 Å². The standard InChI is InChI=1S/C5H15N3/c1-7-3-4-8(2)5-6/h7H,3-6H2,1-2H3. The Labute approximate surface area is 50.8 Å². The van der Waals surface area contributed by atoms with Crippen molar-refractivity contribution in [3.63, 3.8) is 0 Å². The van der Waals surface area contributed by atoms with Crippen LogP contribution < -0.4 is 11.1 Å². The van der Waals surface area contributed by atoms with Crippen LogP contribution in [0.25, 0.3) is 0 Å². The molecular weight excluding hydrogens is 102 g/mol. The zero-order valence-electron chi connectivity index (χ0n) is 5.65. The van der Waals surface area contributed by atoms with Gasteiger partial charge < -0.3 is 11.1 Å². The fraction of sp³-hybridized carbons (Fsp3) is 1.00. The number of hydrogen-bond acceptors (Lipinski definition) is 3. The van der Waals surface area contributed by atoms with E-state index in [0.717, 1.165) is 13.1 Å². The zero-order valence-corrected chi connectivity index (χ0v) is 5.65. The molecule has 0 heterocycles. The number of rotatable bonds is 4. The molecule has 0 atom stereocenters. The van der Waals surface area contributed by atoms with Gasteiger partial charge in [0.25, 0.3) is 0 Å². The average molecular weight is 117 g/mol. The second-order valence-corrected chi connectivity index (χ2v) is 1.87. The van der Waals surface area contributed by atoms with E-state index in [1.165, 1.54) is 0 Å². The molecule has 3 nitrogen and oxygen atoms in total. The first kappa shape index (κ1) is 7.88. The number of hydrogen-bond donors (Lipinski definition) is 2. The highest BCUT2D eigenvalue weighted by molar-refractivity contribution is 4.46. The van der Waals surface area contributed by atoms with Crippen molar-refractivity contribution in [3.8, 4) is 0 Å². The normalized spacial score (nSPS) is 10.5. The molecule has 0 aliphatic heterocycles. The molecule has 0 bridgehead atoms. The van der Waals surface area contributed by atoms with Gasteiger partial charge in [0.1, 0.15) is 0 Å². The van der Waals surface area contributed by atoms with Crippen molar-refractivity contribution in [1.82, 2.24) is 10.2 Å². The molecule has 0 saturated carbocycles. The van der Waals surface area contributed by atoms with Gasteiger partial charge in [0.15, 0.2) is 0 Å². The molecule has 0 rings (SSSR count). The van der Waals surface area contributed by atoms with Gasteiger partial charge in [-0.3, -0.25) is 4.90 Å². The lowest BCUT2D eigenvalue weighted by Gasteiger charge is -2.11. The fourth-order valence-electron chi connectivity index (χ4n) is 0.394. The van der Waals surface area contributed by atoms with Gasteiger partial charge in [-0.05, 0) is 14.1 Å². The molecule has 0 spiro atoms. The van der Waals surface area contributed by atoms with Crippen LogP contribution in [0.1, 0.15) is 0 Å². The minimum Gasteiger partial charge on any atom is -0.318 e. The number of nitrogens with zero attached hydrogens (tertiary/aromatic N) is 1. The molecule has 0 saturated heterocycles. The Morgan fingerprint density at radius 1 is 1.62 bits per heavy atom. The van der Waals surface area contributed by atoms with Crippen LogP contribution in [0, 0.1) is 0 Å². The summed E-state index contributed by atoms with van der Waals surface area (Å²) in [6, 6.07) is 0. The molecule has 0 unspecified atom stereocenters. The molecule has 0 aromatic carbocycles. The lowest BCUT2D eigenvalue weighted by molar-refractivity contribution is 0.345. The summed E-state index contributed by atoms with van der Waals surface area (Å²) in [5.74, 6) is 0. The van der Waals surface area contributed by atoms with Gasteiger partial charge in [-0.15, -0.1) is 0 Å². The minimum absolute atomic E-state index is 0.641. The molecule has 0 fully saturated rings. The topological polar surface area (TPSA) is 41.3 Å². The molecule has 0 aromatic heterocycles. The Morgan fingerprint density at radius 3 is 2.62 bits per heavy atom. The largest absolute Gasteiger partial charge is 0.318 e. The molecule has 0 amide bonds. The first-order valence-electron chi connectivity index (χ1n) is 2.84. The number of nitrogens with one attached hydrogen (secondary N) is 1. The Hall–Kier alpha value is -0.120. The summed E-state index contributed by atoms with van der Waals surface area (Å²) in [5, 5.41) is 3.04. The maximum atomic E-state index is 5.31. The molecule has 0 aliphatic rings. The van der Waals surface area contributed by atoms with E-state index in [1.807, 2.05) is 14.1 Å². The van der Waals surface area contributed by atoms with E-state index in [0.29, 0.717) is 6.67 Å². The van der Waals surface area contributed by atoms with E-state index >= 15 is 0 Å². The molecule has 50 valence electrons. The van der Waals surface area contributed by atoms with Crippen molar-refractivity contribution in [2.75, 3.05) is 33.9 Å². The third-order valence-electron chi connectivity index (χ3n) is 1.06. The second-order valence-electron chi connectivity index (χ2n) is 1.87. The Balaban J connectivity index is 2.86. The van der Waals surface area contributed by atoms with Crippen molar-refractivity contribution in [3.05, 3.63) is 0 Å². The Kier molecular flexibility index (Phi) is 4.95. The van der Waals surface area contributed by atoms with Gasteiger partial charge in [-0.25, -0.2) is 0 Å². The van der Waals surface area contributed by atoms with Crippen LogP contribution in [0.15, 0.2) is 0 Å². The van der Waals surface area contributed by atoms with Crippen LogP contribution in [-0.2, 0) is 0 Å². The Morgan fingerprint density at radius 2 is 2.25 bits per heavy atom. The highest BCUT2D eigenvalue weighted by Crippen LogP contribution is 1.71. The molecule has 3 N–H and O–H groups in total. The van der Waals surface area contributed by atoms with Crippen LogP contribution in [0.5, 0.6) is 0 Å². The van der Waals surface area contributed by atoms with Crippen molar-refractivity contribution in [2.45, 2.75) is 0 Å². The number of nitrogens with two attached hydrogens (primary N) is 1. The molecule has 0 radical (unpaired) electrons. The van der Waals surface area contributed by atoms with Crippen LogP contribution in [-0.4, -0.2) is 38.8 Å². The van der Waals surface area contributed by atoms with Gasteiger partial charge >= 0.3 is 0 Å². The summed E-state index contributed by atoms with van der Waals surface area (Å²) in [7, 11) is 3.93. The molecule has 0 aromatic rings. The van der Waals surface area contributed by atoms with E-state index < -0.39 is 0 Å². The summed E-state index contributed by atoms with van der Waals surface area (Å²) in [5.41, 5.74) is 5.31. The number of likely N-dealkylation sites (N-methyl/N-ethyl adjacent to an activating group) is 2. The maximum Gasteiger partial charge on any atom is 0.0452 e. The van der Waals surface area contributed by atoms with Gasteiger partial charge in [0, 0.05) is 19.8 Å². The smallest absolute Gasteiger partial charge is 0.0452 e. The first-order valence-corrected chi connectivity index (χ1v) is 2.84. The maximum absolute atomic E-state index is 5.31. The van der Waals surface area contributed by atoms with Gasteiger partial charge in [-0.1, -0.05) is 0 Å². The predicted molar refractivity (Wildman–Crippen MR) is 35.6 cm³/mol. The third kappa shape index (κ3) is 4.05. The van der Waals surface area contributed by atoms with Crippen molar-refractivity contribution in [2.24, 2.45) is 5.73 Å². The van der Waals surface area contributed by atoms with Crippen LogP contribution in [0.3, 0.4) is 0 Å². The average Bonchev–Trinajstić information content (AvgIpc) is 1.83. The summed E-state index contributed by atoms with van der Waals surface area (Å²) in [6.07, 6.45) is 0. The summed E-state index contributed by atoms with van der Waals surface area (Å²) >= 11 is 0. The highest BCUT2D eigenvalue weighted by atomic mass is 15.2. The van der Waals surface area contributed by atoms with Crippen LogP contribution >= 0.6 is 0 Å². The fourth-order valence-corrected chi connectivity index (χ4v) is 0.394. The van der Waals surface area contributed by atoms with Crippen molar-refractivity contribution < 1.29 is 0 Å². The summed E-state index contributed by atoms with van der Waals surface area (Å²) in [6.45, 7) is 2.67. The van der Waals surface area contributed by atoms with Gasteiger partial charge in [-0.2, -0.15) is 0 Å². The van der Waals surface area contributed by atoms with Crippen molar-refractivity contribution >= 4 is 0 Å². The molecular formula is C5H15N3. The van der Waals surface area contributed by atoms with E-state index in [1.54, 1.807) is 0 Å². The lowest BCUT2D eigenvalue weighted by Crippen LogP contribution is -2.31. The molecule has 0 aliphatic carbocycles. The zero-order chi connectivity index (χ0) is 6.41. The summed E-state index contributed by atoms with van der Waals surface area (Å²) in [4.78, 5) is 2.05. The minimum atomic E-state index is 0.641. The van der Waals surface area contributed by atoms with Crippen molar-refractivity contribution in [1.29, 1.82) is 0 Å². The third-order valence-corrected chi connectivity index (χ3v) is 1.06. The van der Waals surface area contributed by atoms with Crippen LogP contribution in [0.4, 0.5) is 0 Å². The second kappa shape index (κ2) is 5.03. The van der Waals surface area contributed by atoms with Gasteiger partial charge in [0.2, 0.25) is 0 Å². The van der Waals surface area contributed by atoms with E-state index in [9.17, 15) is 0 Å².